The minimum Gasteiger partial charge on any atom is -0.506 e. The number of nitrogens with zero attached hydrogens (tertiary/aromatic N) is 6. The monoisotopic (exact) mass is 412 g/mol. The van der Waals surface area contributed by atoms with E-state index in [0.717, 1.165) is 41.0 Å². The van der Waals surface area contributed by atoms with Crippen molar-refractivity contribution in [3.05, 3.63) is 42.9 Å². The molecule has 1 saturated heterocycles. The van der Waals surface area contributed by atoms with Gasteiger partial charge in [0.2, 0.25) is 0 Å². The van der Waals surface area contributed by atoms with Gasteiger partial charge in [-0.25, -0.2) is 15.0 Å². The van der Waals surface area contributed by atoms with Gasteiger partial charge < -0.3 is 15.0 Å². The van der Waals surface area contributed by atoms with Crippen molar-refractivity contribution in [2.24, 2.45) is 0 Å². The first-order valence-electron chi connectivity index (χ1n) is 10.4. The highest BCUT2D eigenvalue weighted by Crippen LogP contribution is 2.31. The lowest BCUT2D eigenvalue weighted by Crippen LogP contribution is -2.30. The summed E-state index contributed by atoms with van der Waals surface area (Å²) in [5.41, 5.74) is 5.36. The quantitative estimate of drug-likeness (QED) is 0.414. The van der Waals surface area contributed by atoms with Crippen LogP contribution < -0.4 is 4.90 Å². The van der Waals surface area contributed by atoms with E-state index >= 15 is 0 Å². The largest absolute Gasteiger partial charge is 0.506 e. The topological polar surface area (TPSA) is 119 Å². The van der Waals surface area contributed by atoms with E-state index in [9.17, 15) is 5.11 Å². The van der Waals surface area contributed by atoms with Gasteiger partial charge in [0.15, 0.2) is 17.3 Å². The summed E-state index contributed by atoms with van der Waals surface area (Å²) in [6, 6.07) is 7.36. The number of anilines is 1. The van der Waals surface area contributed by atoms with Crippen LogP contribution in [0.15, 0.2) is 42.9 Å². The Hall–Kier alpha value is -4.01. The molecule has 0 atom stereocenters. The lowest BCUT2D eigenvalue weighted by molar-refractivity contribution is 0.473. The Balaban J connectivity index is 1.46. The molecule has 0 spiro atoms. The lowest BCUT2D eigenvalue weighted by atomic mass is 10.1. The predicted molar refractivity (Wildman–Crippen MR) is 118 cm³/mol. The molecule has 31 heavy (non-hydrogen) atoms. The van der Waals surface area contributed by atoms with Gasteiger partial charge in [-0.15, -0.1) is 0 Å². The standard InChI is InChI=1S/C22H20N8O/c31-14-10-13(11-23-12-14)15-4-5-17-18(25-15)20(29-28-17)21-26-16-6-7-24-22(19(16)27-21)30-8-2-1-3-9-30/h4-7,10-12,31H,1-3,8-9H2,(H,26,27)(H,28,29). The van der Waals surface area contributed by atoms with Crippen molar-refractivity contribution in [2.75, 3.05) is 18.0 Å². The van der Waals surface area contributed by atoms with E-state index in [4.69, 9.17) is 9.97 Å². The van der Waals surface area contributed by atoms with Gasteiger partial charge in [-0.3, -0.25) is 10.1 Å². The fraction of sp³-hybridized carbons (Fsp3) is 0.227. The van der Waals surface area contributed by atoms with Gasteiger partial charge >= 0.3 is 0 Å². The SMILES string of the molecule is Oc1cncc(-c2ccc3[nH]nc(-c4nc5c(N6CCCCC6)nccc5[nH]4)c3n2)c1. The molecule has 154 valence electrons. The number of aromatic hydroxyl groups is 1. The molecule has 6 rings (SSSR count). The summed E-state index contributed by atoms with van der Waals surface area (Å²) < 4.78 is 0. The van der Waals surface area contributed by atoms with Crippen molar-refractivity contribution in [3.63, 3.8) is 0 Å². The number of rotatable bonds is 3. The molecule has 1 aliphatic heterocycles. The molecule has 1 aliphatic rings. The zero-order valence-corrected chi connectivity index (χ0v) is 16.7. The number of hydrogen-bond donors (Lipinski definition) is 3. The van der Waals surface area contributed by atoms with Crippen LogP contribution in [-0.4, -0.2) is 53.3 Å². The third kappa shape index (κ3) is 3.05. The van der Waals surface area contributed by atoms with Crippen molar-refractivity contribution >= 4 is 27.9 Å². The predicted octanol–water partition coefficient (Wildman–Crippen LogP) is 3.65. The highest BCUT2D eigenvalue weighted by molar-refractivity contribution is 5.93. The number of fused-ring (bicyclic) bond motifs is 2. The molecule has 0 unspecified atom stereocenters. The van der Waals surface area contributed by atoms with E-state index in [1.165, 1.54) is 25.5 Å². The van der Waals surface area contributed by atoms with Crippen LogP contribution in [0.1, 0.15) is 19.3 Å². The van der Waals surface area contributed by atoms with E-state index in [0.29, 0.717) is 22.7 Å². The minimum absolute atomic E-state index is 0.0989. The number of aromatic amines is 2. The van der Waals surface area contributed by atoms with Gasteiger partial charge in [-0.2, -0.15) is 5.10 Å². The summed E-state index contributed by atoms with van der Waals surface area (Å²) in [4.78, 5) is 24.0. The molecule has 5 aromatic rings. The molecule has 3 N–H and O–H groups in total. The number of H-pyrrole nitrogens is 2. The molecule has 0 amide bonds. The maximum atomic E-state index is 9.76. The molecule has 0 radical (unpaired) electrons. The highest BCUT2D eigenvalue weighted by Gasteiger charge is 2.20. The number of nitrogens with one attached hydrogen (secondary N) is 2. The molecule has 0 saturated carbocycles. The second kappa shape index (κ2) is 7.05. The van der Waals surface area contributed by atoms with E-state index in [-0.39, 0.29) is 5.75 Å². The Morgan fingerprint density at radius 2 is 1.84 bits per heavy atom. The van der Waals surface area contributed by atoms with Gasteiger partial charge in [0.1, 0.15) is 16.8 Å². The Morgan fingerprint density at radius 3 is 2.71 bits per heavy atom. The summed E-state index contributed by atoms with van der Waals surface area (Å²) >= 11 is 0. The first-order valence-corrected chi connectivity index (χ1v) is 10.4. The minimum atomic E-state index is 0.0989. The van der Waals surface area contributed by atoms with Crippen LogP contribution in [0.2, 0.25) is 0 Å². The second-order valence-electron chi connectivity index (χ2n) is 7.76. The average molecular weight is 412 g/mol. The zero-order chi connectivity index (χ0) is 20.8. The Morgan fingerprint density at radius 1 is 0.935 bits per heavy atom. The lowest BCUT2D eigenvalue weighted by Gasteiger charge is -2.27. The Labute approximate surface area is 177 Å². The highest BCUT2D eigenvalue weighted by atomic mass is 16.3. The van der Waals surface area contributed by atoms with Crippen LogP contribution in [0.25, 0.3) is 44.8 Å². The summed E-state index contributed by atoms with van der Waals surface area (Å²) in [5.74, 6) is 1.66. The number of aromatic nitrogens is 7. The van der Waals surface area contributed by atoms with Crippen molar-refractivity contribution in [2.45, 2.75) is 19.3 Å². The first-order chi connectivity index (χ1) is 15.3. The normalized spacial score (nSPS) is 14.5. The molecule has 9 nitrogen and oxygen atoms in total. The molecule has 9 heteroatoms. The summed E-state index contributed by atoms with van der Waals surface area (Å²) in [5, 5.41) is 17.3. The third-order valence-electron chi connectivity index (χ3n) is 5.69. The smallest absolute Gasteiger partial charge is 0.161 e. The number of pyridine rings is 3. The number of hydrogen-bond acceptors (Lipinski definition) is 7. The van der Waals surface area contributed by atoms with Gasteiger partial charge in [0, 0.05) is 31.0 Å². The van der Waals surface area contributed by atoms with Crippen LogP contribution in [0.3, 0.4) is 0 Å². The first kappa shape index (κ1) is 17.8. The summed E-state index contributed by atoms with van der Waals surface area (Å²) in [6.07, 6.45) is 8.51. The van der Waals surface area contributed by atoms with Crippen LogP contribution >= 0.6 is 0 Å². The molecule has 6 heterocycles. The van der Waals surface area contributed by atoms with Crippen molar-refractivity contribution < 1.29 is 5.11 Å². The summed E-state index contributed by atoms with van der Waals surface area (Å²) in [6.45, 7) is 2.00. The fourth-order valence-electron chi connectivity index (χ4n) is 4.16. The number of piperidine rings is 1. The second-order valence-corrected chi connectivity index (χ2v) is 7.76. The molecular weight excluding hydrogens is 392 g/mol. The van der Waals surface area contributed by atoms with Crippen LogP contribution in [0.4, 0.5) is 5.82 Å². The van der Waals surface area contributed by atoms with E-state index in [2.05, 4.69) is 30.0 Å². The van der Waals surface area contributed by atoms with Crippen LogP contribution in [0, 0.1) is 0 Å². The average Bonchev–Trinajstić information content (AvgIpc) is 3.43. The Bertz CT molecular complexity index is 1400. The van der Waals surface area contributed by atoms with Crippen molar-refractivity contribution in [1.29, 1.82) is 0 Å². The molecule has 0 aliphatic carbocycles. The fourth-order valence-corrected chi connectivity index (χ4v) is 4.16. The molecular formula is C22H20N8O. The molecule has 5 aromatic heterocycles. The summed E-state index contributed by atoms with van der Waals surface area (Å²) in [7, 11) is 0. The molecule has 1 fully saturated rings. The molecule has 0 aromatic carbocycles. The Kier molecular flexibility index (Phi) is 4.05. The van der Waals surface area contributed by atoms with Gasteiger partial charge in [-0.05, 0) is 43.5 Å². The third-order valence-corrected chi connectivity index (χ3v) is 5.69. The maximum absolute atomic E-state index is 9.76. The van der Waals surface area contributed by atoms with Crippen molar-refractivity contribution in [1.82, 2.24) is 35.1 Å². The van der Waals surface area contributed by atoms with E-state index in [1.807, 2.05) is 24.4 Å². The zero-order valence-electron chi connectivity index (χ0n) is 16.7. The van der Waals surface area contributed by atoms with Gasteiger partial charge in [-0.1, -0.05) is 0 Å². The van der Waals surface area contributed by atoms with Gasteiger partial charge in [0.05, 0.1) is 22.9 Å². The maximum Gasteiger partial charge on any atom is 0.161 e. The number of imidazole rings is 1. The van der Waals surface area contributed by atoms with Crippen LogP contribution in [-0.2, 0) is 0 Å². The van der Waals surface area contributed by atoms with Crippen LogP contribution in [0.5, 0.6) is 5.75 Å². The van der Waals surface area contributed by atoms with Gasteiger partial charge in [0.25, 0.3) is 0 Å². The van der Waals surface area contributed by atoms with E-state index in [1.54, 1.807) is 12.3 Å². The molecule has 0 bridgehead atoms. The van der Waals surface area contributed by atoms with E-state index < -0.39 is 0 Å². The van der Waals surface area contributed by atoms with Crippen molar-refractivity contribution in [3.8, 4) is 28.5 Å².